The first-order valence-corrected chi connectivity index (χ1v) is 18.4. The van der Waals surface area contributed by atoms with E-state index in [-0.39, 0.29) is 58.3 Å². The Labute approximate surface area is 279 Å². The molecule has 3 aliphatic heterocycles. The molecule has 0 radical (unpaired) electrons. The van der Waals surface area contributed by atoms with Gasteiger partial charge in [0.05, 0.1) is 12.7 Å². The smallest absolute Gasteiger partial charge is 0.303 e. The van der Waals surface area contributed by atoms with Crippen molar-refractivity contribution in [2.24, 2.45) is 50.7 Å². The average Bonchev–Trinajstić information content (AvgIpc) is 3.62. The number of hydrogen-bond donors (Lipinski definition) is 4. The highest BCUT2D eigenvalue weighted by atomic mass is 16.8. The Kier molecular flexibility index (Phi) is 7.03. The molecule has 10 heteroatoms. The van der Waals surface area contributed by atoms with E-state index in [9.17, 15) is 25.2 Å². The van der Waals surface area contributed by atoms with Crippen molar-refractivity contribution in [3.05, 3.63) is 0 Å². The maximum atomic E-state index is 12.9. The standard InChI is InChI=1S/C37H58O10/c1-18-15-21-28(44-19(2)38)32(5,6)47-37(46-21)27(18)33(7)13-14-36-17-35(36)12-11-24(45-29-26(41)25(40)20(39)16-43-29)31(3,4)22(35)9-10-23(36)34(33,8)30(37)42/h18,20-30,39-42H,9-17H2,1-8H3/t18-,20+,21-,22+,23+,24+,25+,26-,27?,28+,29+,30-,33-,34-,35-,36+,37+/m1/s1. The van der Waals surface area contributed by atoms with Gasteiger partial charge in [0.15, 0.2) is 18.2 Å². The van der Waals surface area contributed by atoms with Crippen LogP contribution in [0.15, 0.2) is 0 Å². The first-order valence-electron chi connectivity index (χ1n) is 18.4. The van der Waals surface area contributed by atoms with Crippen molar-refractivity contribution in [3.63, 3.8) is 0 Å². The van der Waals surface area contributed by atoms with Gasteiger partial charge in [0, 0.05) is 18.3 Å². The third kappa shape index (κ3) is 3.88. The Hall–Kier alpha value is -0.850. The molecule has 8 aliphatic rings. The molecule has 1 unspecified atom stereocenters. The second-order valence-corrected chi connectivity index (χ2v) is 18.8. The van der Waals surface area contributed by atoms with Crippen molar-refractivity contribution < 1.29 is 48.9 Å². The summed E-state index contributed by atoms with van der Waals surface area (Å²) in [4.78, 5) is 12.1. The summed E-state index contributed by atoms with van der Waals surface area (Å²) in [6.45, 7) is 17.0. The van der Waals surface area contributed by atoms with Crippen molar-refractivity contribution in [1.29, 1.82) is 0 Å². The van der Waals surface area contributed by atoms with Gasteiger partial charge < -0.3 is 44.1 Å². The van der Waals surface area contributed by atoms with Crippen LogP contribution in [0.2, 0.25) is 0 Å². The third-order valence-electron chi connectivity index (χ3n) is 16.3. The van der Waals surface area contributed by atoms with E-state index in [4.69, 9.17) is 23.7 Å². The normalized spacial score (nSPS) is 59.8. The SMILES string of the molecule is CC(=O)O[C@H]1[C@H]2C[C@@H](C)C3[C@](O2)(OC1(C)C)[C@H](O)[C@@]1(C)[C@@H]2CC[C@H]4C(C)(C)[C@@H](O[C@@H]5OC[C@H](O)[C@H](O)[C@H]5O)CC[C@@]45C[C@@]25CC[C@]31C. The fraction of sp³-hybridized carbons (Fsp3) is 0.973. The molecule has 2 bridgehead atoms. The lowest BCUT2D eigenvalue weighted by Crippen LogP contribution is -2.71. The number of fused-ring (bicyclic) bond motifs is 4. The summed E-state index contributed by atoms with van der Waals surface area (Å²) in [6.07, 6.45) is 1.47. The zero-order valence-corrected chi connectivity index (χ0v) is 29.5. The minimum Gasteiger partial charge on any atom is -0.457 e. The lowest BCUT2D eigenvalue weighted by molar-refractivity contribution is -0.430. The van der Waals surface area contributed by atoms with E-state index in [2.05, 4.69) is 34.6 Å². The molecular formula is C37H58O10. The molecule has 3 spiro atoms. The zero-order valence-electron chi connectivity index (χ0n) is 29.5. The first kappa shape index (κ1) is 33.3. The minimum atomic E-state index is -1.29. The van der Waals surface area contributed by atoms with Crippen LogP contribution in [0.3, 0.4) is 0 Å². The highest BCUT2D eigenvalue weighted by Crippen LogP contribution is 2.90. The van der Waals surface area contributed by atoms with E-state index < -0.39 is 53.6 Å². The Balaban J connectivity index is 1.10. The van der Waals surface area contributed by atoms with Gasteiger partial charge in [-0.05, 0) is 105 Å². The van der Waals surface area contributed by atoms with E-state index >= 15 is 0 Å². The molecule has 266 valence electrons. The van der Waals surface area contributed by atoms with E-state index in [0.29, 0.717) is 11.8 Å². The number of ether oxygens (including phenoxy) is 5. The topological polar surface area (TPSA) is 144 Å². The fourth-order valence-electron chi connectivity index (χ4n) is 14.4. The molecule has 0 aromatic rings. The summed E-state index contributed by atoms with van der Waals surface area (Å²) < 4.78 is 31.9. The Morgan fingerprint density at radius 3 is 2.26 bits per heavy atom. The van der Waals surface area contributed by atoms with Crippen LogP contribution in [-0.2, 0) is 28.5 Å². The van der Waals surface area contributed by atoms with E-state index in [1.807, 2.05) is 13.8 Å². The van der Waals surface area contributed by atoms with E-state index in [1.54, 1.807) is 0 Å². The summed E-state index contributed by atoms with van der Waals surface area (Å²) in [5.74, 6) is -0.514. The van der Waals surface area contributed by atoms with Crippen molar-refractivity contribution >= 4 is 5.97 Å². The van der Waals surface area contributed by atoms with Gasteiger partial charge in [-0.2, -0.15) is 0 Å². The van der Waals surface area contributed by atoms with Gasteiger partial charge in [-0.1, -0.05) is 34.6 Å². The number of carbonyl (C=O) groups is 1. The molecule has 47 heavy (non-hydrogen) atoms. The molecule has 4 N–H and O–H groups in total. The van der Waals surface area contributed by atoms with Crippen LogP contribution >= 0.6 is 0 Å². The number of rotatable bonds is 3. The third-order valence-corrected chi connectivity index (χ3v) is 16.3. The summed E-state index contributed by atoms with van der Waals surface area (Å²) in [5, 5.41) is 43.8. The van der Waals surface area contributed by atoms with Crippen LogP contribution in [-0.4, -0.2) is 93.4 Å². The maximum Gasteiger partial charge on any atom is 0.303 e. The average molecular weight is 663 g/mol. The van der Waals surface area contributed by atoms with Crippen LogP contribution in [0.1, 0.15) is 107 Å². The van der Waals surface area contributed by atoms with Crippen molar-refractivity contribution in [2.45, 2.75) is 167 Å². The Morgan fingerprint density at radius 1 is 0.872 bits per heavy atom. The van der Waals surface area contributed by atoms with Gasteiger partial charge in [-0.25, -0.2) is 0 Å². The second kappa shape index (κ2) is 9.93. The van der Waals surface area contributed by atoms with Crippen LogP contribution in [0.5, 0.6) is 0 Å². The fourth-order valence-corrected chi connectivity index (χ4v) is 14.4. The van der Waals surface area contributed by atoms with Gasteiger partial charge in [-0.3, -0.25) is 4.79 Å². The number of esters is 1. The number of aliphatic hydroxyl groups is 4. The van der Waals surface area contributed by atoms with Crippen LogP contribution in [0, 0.1) is 50.7 Å². The summed E-state index contributed by atoms with van der Waals surface area (Å²) in [5.41, 5.74) is -1.32. The molecule has 0 amide bonds. The Morgan fingerprint density at radius 2 is 1.55 bits per heavy atom. The molecule has 10 nitrogen and oxygen atoms in total. The van der Waals surface area contributed by atoms with Crippen molar-refractivity contribution in [3.8, 4) is 0 Å². The summed E-state index contributed by atoms with van der Waals surface area (Å²) in [6, 6.07) is 0. The Bertz CT molecular complexity index is 1320. The number of hydrogen-bond acceptors (Lipinski definition) is 10. The molecule has 0 aromatic heterocycles. The van der Waals surface area contributed by atoms with Gasteiger partial charge in [-0.15, -0.1) is 0 Å². The molecule has 3 saturated heterocycles. The van der Waals surface area contributed by atoms with Crippen molar-refractivity contribution in [1.82, 2.24) is 0 Å². The predicted octanol–water partition coefficient (Wildman–Crippen LogP) is 3.69. The molecule has 0 aromatic carbocycles. The maximum absolute atomic E-state index is 12.9. The highest BCUT2D eigenvalue weighted by Gasteiger charge is 2.88. The lowest BCUT2D eigenvalue weighted by atomic mass is 9.41. The zero-order chi connectivity index (χ0) is 33.9. The van der Waals surface area contributed by atoms with Crippen molar-refractivity contribution in [2.75, 3.05) is 6.61 Å². The summed E-state index contributed by atoms with van der Waals surface area (Å²) in [7, 11) is 0. The molecule has 17 atom stereocenters. The molecule has 8 fully saturated rings. The van der Waals surface area contributed by atoms with Gasteiger partial charge >= 0.3 is 5.97 Å². The molecule has 8 rings (SSSR count). The lowest BCUT2D eigenvalue weighted by Gasteiger charge is -2.63. The number of carbonyl (C=O) groups excluding carboxylic acids is 1. The van der Waals surface area contributed by atoms with E-state index in [0.717, 1.165) is 51.4 Å². The molecular weight excluding hydrogens is 604 g/mol. The highest BCUT2D eigenvalue weighted by molar-refractivity contribution is 5.66. The quantitative estimate of drug-likeness (QED) is 0.261. The van der Waals surface area contributed by atoms with Crippen LogP contribution < -0.4 is 0 Å². The summed E-state index contributed by atoms with van der Waals surface area (Å²) >= 11 is 0. The molecule has 5 saturated carbocycles. The predicted molar refractivity (Wildman–Crippen MR) is 168 cm³/mol. The first-order chi connectivity index (χ1) is 21.8. The van der Waals surface area contributed by atoms with Gasteiger partial charge in [0.2, 0.25) is 0 Å². The molecule has 3 heterocycles. The van der Waals surface area contributed by atoms with E-state index in [1.165, 1.54) is 6.92 Å². The van der Waals surface area contributed by atoms with Gasteiger partial charge in [0.25, 0.3) is 0 Å². The van der Waals surface area contributed by atoms with Crippen LogP contribution in [0.25, 0.3) is 0 Å². The monoisotopic (exact) mass is 662 g/mol. The molecule has 5 aliphatic carbocycles. The largest absolute Gasteiger partial charge is 0.457 e. The number of aliphatic hydroxyl groups excluding tert-OH is 4. The van der Waals surface area contributed by atoms with Crippen LogP contribution in [0.4, 0.5) is 0 Å². The second-order valence-electron chi connectivity index (χ2n) is 18.8. The minimum absolute atomic E-state index is 0.0185. The van der Waals surface area contributed by atoms with Gasteiger partial charge in [0.1, 0.15) is 36.1 Å².